The summed E-state index contributed by atoms with van der Waals surface area (Å²) < 4.78 is 0. The number of nitrogens with zero attached hydrogens (tertiary/aromatic N) is 1. The number of hydrogen-bond donors (Lipinski definition) is 2. The van der Waals surface area contributed by atoms with Crippen molar-refractivity contribution in [2.45, 2.75) is 39.2 Å². The van der Waals surface area contributed by atoms with Gasteiger partial charge in [-0.1, -0.05) is 51.1 Å². The molecular formula is C16H21N3O3. The largest absolute Gasteiger partial charge is 0.344 e. The van der Waals surface area contributed by atoms with Crippen molar-refractivity contribution in [1.29, 1.82) is 0 Å². The van der Waals surface area contributed by atoms with Crippen LogP contribution in [0.25, 0.3) is 0 Å². The summed E-state index contributed by atoms with van der Waals surface area (Å²) in [5.74, 6) is -0.660. The Kier molecular flexibility index (Phi) is 4.49. The van der Waals surface area contributed by atoms with Crippen molar-refractivity contribution in [3.63, 3.8) is 0 Å². The Bertz CT molecular complexity index is 586. The quantitative estimate of drug-likeness (QED) is 0.816. The van der Waals surface area contributed by atoms with Gasteiger partial charge in [-0.25, -0.2) is 4.79 Å². The maximum absolute atomic E-state index is 12.7. The van der Waals surface area contributed by atoms with Crippen LogP contribution >= 0.6 is 0 Å². The summed E-state index contributed by atoms with van der Waals surface area (Å²) in [5, 5.41) is 3.51. The van der Waals surface area contributed by atoms with Crippen LogP contribution in [0.15, 0.2) is 30.3 Å². The van der Waals surface area contributed by atoms with E-state index in [2.05, 4.69) is 10.7 Å². The van der Waals surface area contributed by atoms with E-state index >= 15 is 0 Å². The lowest BCUT2D eigenvalue weighted by Gasteiger charge is -2.25. The van der Waals surface area contributed by atoms with Crippen LogP contribution in [0, 0.1) is 5.92 Å². The lowest BCUT2D eigenvalue weighted by atomic mass is 9.87. The van der Waals surface area contributed by atoms with Crippen molar-refractivity contribution >= 4 is 17.8 Å². The highest BCUT2D eigenvalue weighted by atomic mass is 16.2. The number of carbonyl (C=O) groups is 3. The van der Waals surface area contributed by atoms with Gasteiger partial charge >= 0.3 is 6.03 Å². The van der Waals surface area contributed by atoms with Gasteiger partial charge < -0.3 is 5.32 Å². The lowest BCUT2D eigenvalue weighted by molar-refractivity contribution is -0.139. The Morgan fingerprint density at radius 2 is 1.91 bits per heavy atom. The van der Waals surface area contributed by atoms with Gasteiger partial charge in [-0.3, -0.25) is 15.0 Å². The first-order valence-corrected chi connectivity index (χ1v) is 7.42. The molecule has 1 heterocycles. The molecule has 0 spiro atoms. The van der Waals surface area contributed by atoms with E-state index in [1.165, 1.54) is 0 Å². The van der Waals surface area contributed by atoms with E-state index in [4.69, 9.17) is 0 Å². The molecule has 0 aliphatic carbocycles. The Balaban J connectivity index is 2.25. The number of benzene rings is 1. The SMILES string of the molecule is CC[C@@]1(c2ccccc2)NC(=O)N(NC(=O)CC(C)C)C1=O. The highest BCUT2D eigenvalue weighted by molar-refractivity contribution is 6.08. The standard InChI is InChI=1S/C16H21N3O3/c1-4-16(12-8-6-5-7-9-12)14(21)19(15(22)17-16)18-13(20)10-11(2)3/h5-9,11H,4,10H2,1-3H3,(H,17,22)(H,18,20)/t16-/m0/s1. The van der Waals surface area contributed by atoms with E-state index in [0.29, 0.717) is 12.0 Å². The molecule has 0 aromatic heterocycles. The summed E-state index contributed by atoms with van der Waals surface area (Å²) >= 11 is 0. The normalized spacial score (nSPS) is 21.2. The second-order valence-corrected chi connectivity index (χ2v) is 5.83. The van der Waals surface area contributed by atoms with E-state index in [1.807, 2.05) is 39.0 Å². The topological polar surface area (TPSA) is 78.5 Å². The fraction of sp³-hybridized carbons (Fsp3) is 0.438. The molecule has 0 saturated carbocycles. The molecule has 1 aromatic rings. The van der Waals surface area contributed by atoms with Crippen LogP contribution in [-0.2, 0) is 15.1 Å². The summed E-state index contributed by atoms with van der Waals surface area (Å²) in [7, 11) is 0. The third-order valence-electron chi connectivity index (χ3n) is 3.72. The van der Waals surface area contributed by atoms with Crippen LogP contribution < -0.4 is 10.7 Å². The molecule has 4 amide bonds. The maximum atomic E-state index is 12.7. The number of urea groups is 1. The predicted octanol–water partition coefficient (Wildman–Crippen LogP) is 1.92. The Morgan fingerprint density at radius 3 is 2.45 bits per heavy atom. The second-order valence-electron chi connectivity index (χ2n) is 5.83. The first-order valence-electron chi connectivity index (χ1n) is 7.42. The average Bonchev–Trinajstić information content (AvgIpc) is 2.72. The molecule has 1 saturated heterocycles. The summed E-state index contributed by atoms with van der Waals surface area (Å²) in [5.41, 5.74) is 1.98. The van der Waals surface area contributed by atoms with Gasteiger partial charge in [-0.2, -0.15) is 5.01 Å². The molecule has 1 atom stereocenters. The highest BCUT2D eigenvalue weighted by Crippen LogP contribution is 2.31. The van der Waals surface area contributed by atoms with E-state index < -0.39 is 17.5 Å². The van der Waals surface area contributed by atoms with E-state index in [9.17, 15) is 14.4 Å². The van der Waals surface area contributed by atoms with Gasteiger partial charge in [0.15, 0.2) is 0 Å². The number of hydrazine groups is 1. The molecule has 1 aliphatic rings. The molecule has 0 radical (unpaired) electrons. The molecule has 2 rings (SSSR count). The van der Waals surface area contributed by atoms with Crippen LogP contribution in [-0.4, -0.2) is 22.9 Å². The van der Waals surface area contributed by atoms with Crippen molar-refractivity contribution in [3.05, 3.63) is 35.9 Å². The number of rotatable bonds is 5. The van der Waals surface area contributed by atoms with Crippen molar-refractivity contribution < 1.29 is 14.4 Å². The van der Waals surface area contributed by atoms with Crippen molar-refractivity contribution in [3.8, 4) is 0 Å². The average molecular weight is 303 g/mol. The zero-order valence-corrected chi connectivity index (χ0v) is 13.1. The van der Waals surface area contributed by atoms with Gasteiger partial charge in [0.05, 0.1) is 0 Å². The van der Waals surface area contributed by atoms with Crippen molar-refractivity contribution in [2.75, 3.05) is 0 Å². The molecule has 118 valence electrons. The van der Waals surface area contributed by atoms with Gasteiger partial charge in [0, 0.05) is 6.42 Å². The van der Waals surface area contributed by atoms with Crippen LogP contribution in [0.1, 0.15) is 39.2 Å². The van der Waals surface area contributed by atoms with E-state index in [1.54, 1.807) is 12.1 Å². The van der Waals surface area contributed by atoms with Crippen LogP contribution in [0.3, 0.4) is 0 Å². The lowest BCUT2D eigenvalue weighted by Crippen LogP contribution is -2.48. The monoisotopic (exact) mass is 303 g/mol. The number of amides is 4. The minimum atomic E-state index is -1.12. The number of imide groups is 1. The molecule has 0 bridgehead atoms. The van der Waals surface area contributed by atoms with Crippen LogP contribution in [0.2, 0.25) is 0 Å². The van der Waals surface area contributed by atoms with Gasteiger partial charge in [-0.15, -0.1) is 0 Å². The summed E-state index contributed by atoms with van der Waals surface area (Å²) in [6.45, 7) is 5.61. The van der Waals surface area contributed by atoms with E-state index in [0.717, 1.165) is 5.01 Å². The highest BCUT2D eigenvalue weighted by Gasteiger charge is 2.52. The summed E-state index contributed by atoms with van der Waals surface area (Å²) in [6.07, 6.45) is 0.652. The molecular weight excluding hydrogens is 282 g/mol. The zero-order valence-electron chi connectivity index (χ0n) is 13.1. The molecule has 6 nitrogen and oxygen atoms in total. The molecule has 2 N–H and O–H groups in total. The first kappa shape index (κ1) is 16.0. The second kappa shape index (κ2) is 6.17. The predicted molar refractivity (Wildman–Crippen MR) is 81.4 cm³/mol. The Hall–Kier alpha value is -2.37. The fourth-order valence-electron chi connectivity index (χ4n) is 2.58. The minimum absolute atomic E-state index is 0.144. The fourth-order valence-corrected chi connectivity index (χ4v) is 2.58. The van der Waals surface area contributed by atoms with Crippen molar-refractivity contribution in [2.24, 2.45) is 5.92 Å². The zero-order chi connectivity index (χ0) is 16.3. The Morgan fingerprint density at radius 1 is 1.27 bits per heavy atom. The Labute approximate surface area is 129 Å². The molecule has 6 heteroatoms. The van der Waals surface area contributed by atoms with Crippen LogP contribution in [0.5, 0.6) is 0 Å². The molecule has 1 aliphatic heterocycles. The third-order valence-corrected chi connectivity index (χ3v) is 3.72. The summed E-state index contributed by atoms with van der Waals surface area (Å²) in [4.78, 5) is 36.7. The van der Waals surface area contributed by atoms with Crippen molar-refractivity contribution in [1.82, 2.24) is 15.8 Å². The smallest absolute Gasteiger partial charge is 0.318 e. The van der Waals surface area contributed by atoms with Gasteiger partial charge in [0.2, 0.25) is 5.91 Å². The molecule has 1 fully saturated rings. The van der Waals surface area contributed by atoms with Crippen LogP contribution in [0.4, 0.5) is 4.79 Å². The number of carbonyl (C=O) groups excluding carboxylic acids is 3. The molecule has 1 aromatic carbocycles. The van der Waals surface area contributed by atoms with Gasteiger partial charge in [0.25, 0.3) is 5.91 Å². The molecule has 0 unspecified atom stereocenters. The van der Waals surface area contributed by atoms with Gasteiger partial charge in [-0.05, 0) is 17.9 Å². The summed E-state index contributed by atoms with van der Waals surface area (Å²) in [6, 6.07) is 8.45. The molecule has 22 heavy (non-hydrogen) atoms. The van der Waals surface area contributed by atoms with Gasteiger partial charge in [0.1, 0.15) is 5.54 Å². The first-order chi connectivity index (χ1) is 10.4. The number of hydrogen-bond acceptors (Lipinski definition) is 3. The minimum Gasteiger partial charge on any atom is -0.318 e. The maximum Gasteiger partial charge on any atom is 0.344 e. The van der Waals surface area contributed by atoms with E-state index in [-0.39, 0.29) is 18.2 Å². The number of nitrogens with one attached hydrogen (secondary N) is 2. The third kappa shape index (κ3) is 2.81.